The van der Waals surface area contributed by atoms with E-state index in [1.807, 2.05) is 61.5 Å². The molecule has 134 valence electrons. The fourth-order valence-corrected chi connectivity index (χ4v) is 7.55. The van der Waals surface area contributed by atoms with Crippen molar-refractivity contribution in [3.8, 4) is 0 Å². The second-order valence-electron chi connectivity index (χ2n) is 5.71. The third-order valence-corrected chi connectivity index (χ3v) is 8.70. The molecule has 3 rings (SSSR count). The molecule has 0 N–H and O–H groups in total. The Balaban J connectivity index is 0.00000243. The summed E-state index contributed by atoms with van der Waals surface area (Å²) < 4.78 is 6.00. The summed E-state index contributed by atoms with van der Waals surface area (Å²) in [4.78, 5) is 12.2. The predicted octanol–water partition coefficient (Wildman–Crippen LogP) is 0.546. The lowest BCUT2D eigenvalue weighted by atomic mass is 10.4. The van der Waals surface area contributed by atoms with Crippen LogP contribution >= 0.6 is 7.26 Å². The molecule has 0 aliphatic carbocycles. The zero-order valence-electron chi connectivity index (χ0n) is 14.7. The predicted molar refractivity (Wildman–Crippen MR) is 107 cm³/mol. The van der Waals surface area contributed by atoms with Gasteiger partial charge in [-0.15, -0.1) is 0 Å². The van der Waals surface area contributed by atoms with Crippen LogP contribution in [0.1, 0.15) is 6.92 Å². The lowest BCUT2D eigenvalue weighted by Crippen LogP contribution is -3.00. The molecule has 0 radical (unpaired) electrons. The van der Waals surface area contributed by atoms with Crippen LogP contribution in [-0.4, -0.2) is 18.7 Å². The fourth-order valence-electron chi connectivity index (χ4n) is 3.29. The average molecular weight is 385 g/mol. The molecular formula is C22H22ClO2P. The molecule has 0 aliphatic heterocycles. The maximum Gasteiger partial charge on any atom is 0.237 e. The van der Waals surface area contributed by atoms with Crippen molar-refractivity contribution in [2.45, 2.75) is 12.8 Å². The van der Waals surface area contributed by atoms with Crippen LogP contribution < -0.4 is 28.3 Å². The standard InChI is InChI=1S/C22H22O2P.ClH/c1-2-24-22(18-23)25(19-12-6-3-7-13-19,20-14-8-4-9-15-20)21-16-10-5-11-17-21;/h3-18,22H,2H2,1H3;1H/q+1;/p-1. The van der Waals surface area contributed by atoms with Crippen molar-refractivity contribution >= 4 is 29.5 Å². The molecule has 4 heteroatoms. The number of hydrogen-bond acceptors (Lipinski definition) is 2. The van der Waals surface area contributed by atoms with Gasteiger partial charge in [0.1, 0.15) is 23.2 Å². The Morgan fingerprint density at radius 2 is 1.12 bits per heavy atom. The number of carbonyl (C=O) groups excluding carboxylic acids is 1. The number of carbonyl (C=O) groups is 1. The molecule has 0 fully saturated rings. The lowest BCUT2D eigenvalue weighted by molar-refractivity contribution is -0.113. The minimum atomic E-state index is -2.27. The van der Waals surface area contributed by atoms with E-state index in [-0.39, 0.29) is 12.4 Å². The van der Waals surface area contributed by atoms with Crippen LogP contribution in [-0.2, 0) is 9.53 Å². The van der Waals surface area contributed by atoms with Gasteiger partial charge in [-0.05, 0) is 43.3 Å². The first-order valence-corrected chi connectivity index (χ1v) is 10.3. The van der Waals surface area contributed by atoms with E-state index < -0.39 is 13.1 Å². The van der Waals surface area contributed by atoms with E-state index in [0.29, 0.717) is 6.61 Å². The summed E-state index contributed by atoms with van der Waals surface area (Å²) in [5.74, 6) is -0.510. The van der Waals surface area contributed by atoms with Crippen LogP contribution in [0.5, 0.6) is 0 Å². The minimum absolute atomic E-state index is 0. The molecular weight excluding hydrogens is 363 g/mol. The zero-order valence-corrected chi connectivity index (χ0v) is 16.3. The van der Waals surface area contributed by atoms with E-state index in [4.69, 9.17) is 4.74 Å². The van der Waals surface area contributed by atoms with E-state index in [0.717, 1.165) is 22.2 Å². The highest BCUT2D eigenvalue weighted by atomic mass is 35.5. The van der Waals surface area contributed by atoms with Crippen LogP contribution in [0.3, 0.4) is 0 Å². The maximum absolute atomic E-state index is 12.2. The quantitative estimate of drug-likeness (QED) is 0.439. The third kappa shape index (κ3) is 3.73. The van der Waals surface area contributed by atoms with Crippen LogP contribution in [0.15, 0.2) is 91.0 Å². The summed E-state index contributed by atoms with van der Waals surface area (Å²) in [7, 11) is -2.27. The molecule has 26 heavy (non-hydrogen) atoms. The average Bonchev–Trinajstić information content (AvgIpc) is 2.70. The van der Waals surface area contributed by atoms with Gasteiger partial charge in [0, 0.05) is 6.61 Å². The third-order valence-electron chi connectivity index (χ3n) is 4.33. The molecule has 1 atom stereocenters. The van der Waals surface area contributed by atoms with Crippen LogP contribution in [0.4, 0.5) is 0 Å². The van der Waals surface area contributed by atoms with Crippen molar-refractivity contribution in [3.63, 3.8) is 0 Å². The van der Waals surface area contributed by atoms with Gasteiger partial charge in [-0.3, -0.25) is 4.79 Å². The number of aldehydes is 1. The van der Waals surface area contributed by atoms with Crippen LogP contribution in [0, 0.1) is 0 Å². The largest absolute Gasteiger partial charge is 1.00 e. The number of ether oxygens (including phenoxy) is 1. The number of halogens is 1. The van der Waals surface area contributed by atoms with E-state index in [1.54, 1.807) is 0 Å². The molecule has 0 amide bonds. The molecule has 0 aromatic heterocycles. The summed E-state index contributed by atoms with van der Waals surface area (Å²) in [6, 6.07) is 30.9. The highest BCUT2D eigenvalue weighted by Crippen LogP contribution is 2.59. The number of rotatable bonds is 7. The van der Waals surface area contributed by atoms with Gasteiger partial charge in [0.25, 0.3) is 0 Å². The maximum atomic E-state index is 12.2. The van der Waals surface area contributed by atoms with E-state index in [1.165, 1.54) is 0 Å². The number of hydrogen-bond donors (Lipinski definition) is 0. The van der Waals surface area contributed by atoms with Gasteiger partial charge in [-0.1, -0.05) is 54.6 Å². The smallest absolute Gasteiger partial charge is 0.237 e. The van der Waals surface area contributed by atoms with Crippen molar-refractivity contribution in [3.05, 3.63) is 91.0 Å². The van der Waals surface area contributed by atoms with Crippen molar-refractivity contribution in [2.75, 3.05) is 6.61 Å². The second kappa shape index (κ2) is 9.64. The summed E-state index contributed by atoms with van der Waals surface area (Å²) in [5.41, 5.74) is 0. The molecule has 0 bridgehead atoms. The Bertz CT molecular complexity index is 697. The molecule has 2 nitrogen and oxygen atoms in total. The Kier molecular flexibility index (Phi) is 7.53. The van der Waals surface area contributed by atoms with E-state index in [9.17, 15) is 4.79 Å². The lowest BCUT2D eigenvalue weighted by Gasteiger charge is -2.31. The molecule has 3 aromatic carbocycles. The SMILES string of the molecule is CCOC(C=O)[P+](c1ccccc1)(c1ccccc1)c1ccccc1.[Cl-]. The molecule has 0 saturated heterocycles. The van der Waals surface area contributed by atoms with Crippen LogP contribution in [0.25, 0.3) is 0 Å². The van der Waals surface area contributed by atoms with E-state index >= 15 is 0 Å². The van der Waals surface area contributed by atoms with Gasteiger partial charge >= 0.3 is 0 Å². The molecule has 3 aromatic rings. The van der Waals surface area contributed by atoms with Gasteiger partial charge in [0.15, 0.2) is 6.29 Å². The van der Waals surface area contributed by atoms with Crippen LogP contribution in [0.2, 0.25) is 0 Å². The van der Waals surface area contributed by atoms with Gasteiger partial charge < -0.3 is 17.1 Å². The van der Waals surface area contributed by atoms with E-state index in [2.05, 4.69) is 36.4 Å². The normalized spacial score (nSPS) is 12.0. The second-order valence-corrected chi connectivity index (χ2v) is 9.21. The van der Waals surface area contributed by atoms with Crippen molar-refractivity contribution < 1.29 is 21.9 Å². The monoisotopic (exact) mass is 384 g/mol. The van der Waals surface area contributed by atoms with Crippen molar-refractivity contribution in [1.29, 1.82) is 0 Å². The summed E-state index contributed by atoms with van der Waals surface area (Å²) in [5, 5.41) is 3.45. The fraction of sp³-hybridized carbons (Fsp3) is 0.136. The minimum Gasteiger partial charge on any atom is -1.00 e. The summed E-state index contributed by atoms with van der Waals surface area (Å²) >= 11 is 0. The van der Waals surface area contributed by atoms with Gasteiger partial charge in [0.05, 0.1) is 0 Å². The molecule has 0 aliphatic rings. The van der Waals surface area contributed by atoms with Crippen molar-refractivity contribution in [2.24, 2.45) is 0 Å². The van der Waals surface area contributed by atoms with Gasteiger partial charge in [-0.25, -0.2) is 0 Å². The number of benzene rings is 3. The Labute approximate surface area is 162 Å². The molecule has 1 unspecified atom stereocenters. The highest BCUT2D eigenvalue weighted by Gasteiger charge is 2.53. The Morgan fingerprint density at radius 1 is 0.769 bits per heavy atom. The highest BCUT2D eigenvalue weighted by molar-refractivity contribution is 7.96. The molecule has 0 spiro atoms. The molecule has 0 heterocycles. The van der Waals surface area contributed by atoms with Gasteiger partial charge in [0.2, 0.25) is 5.85 Å². The first-order valence-electron chi connectivity index (χ1n) is 8.46. The topological polar surface area (TPSA) is 26.3 Å². The Hall–Kier alpha value is -1.99. The first kappa shape index (κ1) is 20.3. The molecule has 0 saturated carbocycles. The summed E-state index contributed by atoms with van der Waals surface area (Å²) in [6.07, 6.45) is 0.976. The Morgan fingerprint density at radius 3 is 1.38 bits per heavy atom. The summed E-state index contributed by atoms with van der Waals surface area (Å²) in [6.45, 7) is 2.43. The van der Waals surface area contributed by atoms with Gasteiger partial charge in [-0.2, -0.15) is 0 Å². The van der Waals surface area contributed by atoms with Crippen molar-refractivity contribution in [1.82, 2.24) is 0 Å². The first-order chi connectivity index (χ1) is 12.3. The zero-order chi connectivity index (χ0) is 17.5.